The van der Waals surface area contributed by atoms with E-state index in [9.17, 15) is 44.7 Å². The predicted molar refractivity (Wildman–Crippen MR) is 136 cm³/mol. The minimum absolute atomic E-state index is 0.151. The molecule has 0 saturated heterocycles. The number of benzene rings is 2. The minimum Gasteiger partial charge on any atom is -0.492 e. The molecule has 40 heavy (non-hydrogen) atoms. The highest BCUT2D eigenvalue weighted by atomic mass is 32.2. The number of fused-ring (bicyclic) bond motifs is 1. The number of rotatable bonds is 8. The van der Waals surface area contributed by atoms with Crippen LogP contribution < -0.4 is 9.64 Å². The number of halogens is 6. The van der Waals surface area contributed by atoms with E-state index in [0.29, 0.717) is 19.1 Å². The fourth-order valence-electron chi connectivity index (χ4n) is 4.41. The first-order valence-corrected chi connectivity index (χ1v) is 13.8. The molecule has 0 saturated carbocycles. The Kier molecular flexibility index (Phi) is 8.25. The first-order valence-electron chi connectivity index (χ1n) is 12.3. The van der Waals surface area contributed by atoms with Crippen molar-refractivity contribution in [3.8, 4) is 5.75 Å². The lowest BCUT2D eigenvalue weighted by atomic mass is 9.88. The van der Waals surface area contributed by atoms with Gasteiger partial charge in [-0.2, -0.15) is 13.2 Å². The second kappa shape index (κ2) is 10.5. The normalized spacial score (nSPS) is 19.1. The summed E-state index contributed by atoms with van der Waals surface area (Å²) < 4.78 is 116. The molecule has 6 nitrogen and oxygen atoms in total. The maximum Gasteiger partial charge on any atom is 0.420 e. The van der Waals surface area contributed by atoms with E-state index in [4.69, 9.17) is 4.74 Å². The molecule has 0 fully saturated rings. The molecular weight excluding hydrogens is 564 g/mol. The molecule has 1 aliphatic rings. The SMILES string of the molecule is CC(F)(F)CC[C@H]1CN(c2ccc(F)cc2)c2cc(C(F)(F)F)c(OCC(C)(C)C(=O)O)cc2S(=O)(=O)C1(C)C. The average molecular weight is 596 g/mol. The Morgan fingerprint density at radius 2 is 1.65 bits per heavy atom. The number of anilines is 2. The van der Waals surface area contributed by atoms with Gasteiger partial charge in [0, 0.05) is 24.7 Å². The van der Waals surface area contributed by atoms with Gasteiger partial charge in [-0.1, -0.05) is 0 Å². The molecule has 0 amide bonds. The Balaban J connectivity index is 2.32. The third-order valence-electron chi connectivity index (χ3n) is 7.26. The summed E-state index contributed by atoms with van der Waals surface area (Å²) in [5.41, 5.74) is -3.20. The number of ether oxygens (including phenoxy) is 1. The van der Waals surface area contributed by atoms with Crippen molar-refractivity contribution >= 4 is 27.2 Å². The third kappa shape index (κ3) is 6.34. The second-order valence-corrected chi connectivity index (χ2v) is 13.8. The van der Waals surface area contributed by atoms with Crippen molar-refractivity contribution in [2.45, 2.75) is 69.2 Å². The number of alkyl halides is 5. The highest BCUT2D eigenvalue weighted by molar-refractivity contribution is 7.93. The molecule has 0 aromatic heterocycles. The van der Waals surface area contributed by atoms with Crippen LogP contribution in [0.4, 0.5) is 37.7 Å². The minimum atomic E-state index is -5.04. The Morgan fingerprint density at radius 1 is 1.07 bits per heavy atom. The number of sulfone groups is 1. The van der Waals surface area contributed by atoms with Gasteiger partial charge in [0.25, 0.3) is 0 Å². The summed E-state index contributed by atoms with van der Waals surface area (Å²) >= 11 is 0. The van der Waals surface area contributed by atoms with Crippen molar-refractivity contribution in [1.29, 1.82) is 0 Å². The Morgan fingerprint density at radius 3 is 2.15 bits per heavy atom. The van der Waals surface area contributed by atoms with Gasteiger partial charge in [-0.3, -0.25) is 4.79 Å². The average Bonchev–Trinajstić information content (AvgIpc) is 2.87. The van der Waals surface area contributed by atoms with Gasteiger partial charge in [0.2, 0.25) is 5.92 Å². The first-order chi connectivity index (χ1) is 18.1. The summed E-state index contributed by atoms with van der Waals surface area (Å²) in [6.45, 7) is 4.84. The van der Waals surface area contributed by atoms with Crippen LogP contribution in [0.2, 0.25) is 0 Å². The molecule has 0 unspecified atom stereocenters. The molecular formula is C27H31F6NO5S. The fourth-order valence-corrected chi connectivity index (χ4v) is 6.31. The van der Waals surface area contributed by atoms with E-state index < -0.39 is 79.0 Å². The maximum atomic E-state index is 14.3. The lowest BCUT2D eigenvalue weighted by Crippen LogP contribution is -2.43. The van der Waals surface area contributed by atoms with Gasteiger partial charge >= 0.3 is 12.1 Å². The van der Waals surface area contributed by atoms with E-state index in [1.807, 2.05) is 0 Å². The van der Waals surface area contributed by atoms with Crippen LogP contribution in [0.5, 0.6) is 5.75 Å². The number of hydrogen-bond donors (Lipinski definition) is 1. The lowest BCUT2D eigenvalue weighted by Gasteiger charge is -2.34. The summed E-state index contributed by atoms with van der Waals surface area (Å²) in [7, 11) is -4.50. The van der Waals surface area contributed by atoms with Gasteiger partial charge in [-0.05, 0) is 77.3 Å². The smallest absolute Gasteiger partial charge is 0.420 e. The maximum absolute atomic E-state index is 14.3. The Bertz CT molecular complexity index is 1370. The van der Waals surface area contributed by atoms with Crippen molar-refractivity contribution in [3.05, 3.63) is 47.8 Å². The van der Waals surface area contributed by atoms with E-state index in [-0.39, 0.29) is 24.3 Å². The Hall–Kier alpha value is -2.96. The van der Waals surface area contributed by atoms with Crippen LogP contribution in [0.15, 0.2) is 41.3 Å². The van der Waals surface area contributed by atoms with E-state index in [0.717, 1.165) is 12.1 Å². The summed E-state index contributed by atoms with van der Waals surface area (Å²) in [6, 6.07) is 5.90. The molecule has 1 atom stereocenters. The summed E-state index contributed by atoms with van der Waals surface area (Å²) in [4.78, 5) is 12.2. The molecule has 1 heterocycles. The van der Waals surface area contributed by atoms with Crippen LogP contribution in [-0.4, -0.2) is 43.3 Å². The molecule has 222 valence electrons. The molecule has 0 radical (unpaired) electrons. The van der Waals surface area contributed by atoms with Crippen molar-refractivity contribution in [3.63, 3.8) is 0 Å². The van der Waals surface area contributed by atoms with Gasteiger partial charge < -0.3 is 14.7 Å². The summed E-state index contributed by atoms with van der Waals surface area (Å²) in [5, 5.41) is 9.36. The van der Waals surface area contributed by atoms with E-state index in [1.54, 1.807) is 0 Å². The monoisotopic (exact) mass is 595 g/mol. The Labute approximate surface area is 228 Å². The van der Waals surface area contributed by atoms with E-state index in [1.165, 1.54) is 44.7 Å². The zero-order chi connectivity index (χ0) is 30.5. The van der Waals surface area contributed by atoms with Gasteiger partial charge in [-0.25, -0.2) is 21.6 Å². The summed E-state index contributed by atoms with van der Waals surface area (Å²) in [6.07, 6.45) is -5.98. The molecule has 13 heteroatoms. The molecule has 2 aromatic rings. The number of carboxylic acid groups (broad SMARTS) is 1. The van der Waals surface area contributed by atoms with Crippen LogP contribution in [0, 0.1) is 17.2 Å². The number of aliphatic carboxylic acids is 1. The summed E-state index contributed by atoms with van der Waals surface area (Å²) in [5.74, 6) is -6.98. The quantitative estimate of drug-likeness (QED) is 0.328. The number of hydrogen-bond acceptors (Lipinski definition) is 5. The number of carbonyl (C=O) groups is 1. The zero-order valence-electron chi connectivity index (χ0n) is 22.6. The molecule has 1 aliphatic heterocycles. The molecule has 2 aromatic carbocycles. The van der Waals surface area contributed by atoms with Crippen molar-refractivity contribution in [2.75, 3.05) is 18.1 Å². The molecule has 0 spiro atoms. The van der Waals surface area contributed by atoms with E-state index >= 15 is 0 Å². The van der Waals surface area contributed by atoms with Gasteiger partial charge in [-0.15, -0.1) is 0 Å². The van der Waals surface area contributed by atoms with Crippen LogP contribution in [0.25, 0.3) is 0 Å². The predicted octanol–water partition coefficient (Wildman–Crippen LogP) is 7.09. The van der Waals surface area contributed by atoms with Crippen molar-refractivity contribution in [2.24, 2.45) is 11.3 Å². The van der Waals surface area contributed by atoms with Crippen LogP contribution in [-0.2, 0) is 20.8 Å². The van der Waals surface area contributed by atoms with Crippen molar-refractivity contribution < 1.29 is 49.4 Å². The standard InChI is InChI=1S/C27H31F6NO5S/c1-24(2,23(35)36)15-39-21-13-22-20(12-19(21)27(31,32)33)34(18-8-6-17(28)7-9-18)14-16(10-11-26(5,29)30)25(3,4)40(22,37)38/h6-9,12-13,16H,10-11,14-15H2,1-5H3,(H,35,36)/t16-/m0/s1. The van der Waals surface area contributed by atoms with E-state index in [2.05, 4.69) is 0 Å². The molecule has 3 rings (SSSR count). The topological polar surface area (TPSA) is 83.9 Å². The fraction of sp³-hybridized carbons (Fsp3) is 0.519. The largest absolute Gasteiger partial charge is 0.492 e. The zero-order valence-corrected chi connectivity index (χ0v) is 23.4. The highest BCUT2D eigenvalue weighted by Crippen LogP contribution is 2.50. The van der Waals surface area contributed by atoms with Gasteiger partial charge in [0.1, 0.15) is 18.2 Å². The third-order valence-corrected chi connectivity index (χ3v) is 9.89. The van der Waals surface area contributed by atoms with Gasteiger partial charge in [0.15, 0.2) is 9.84 Å². The van der Waals surface area contributed by atoms with Crippen LogP contribution in [0.1, 0.15) is 53.0 Å². The molecule has 0 aliphatic carbocycles. The molecule has 0 bridgehead atoms. The molecule has 1 N–H and O–H groups in total. The van der Waals surface area contributed by atoms with Crippen LogP contribution in [0.3, 0.4) is 0 Å². The first kappa shape index (κ1) is 31.6. The second-order valence-electron chi connectivity index (χ2n) is 11.3. The van der Waals surface area contributed by atoms with Crippen LogP contribution >= 0.6 is 0 Å². The number of carboxylic acids is 1. The van der Waals surface area contributed by atoms with Crippen molar-refractivity contribution in [1.82, 2.24) is 0 Å². The lowest BCUT2D eigenvalue weighted by molar-refractivity contribution is -0.148. The number of nitrogens with zero attached hydrogens (tertiary/aromatic N) is 1. The van der Waals surface area contributed by atoms with Gasteiger partial charge in [0.05, 0.1) is 26.3 Å². The highest BCUT2D eigenvalue weighted by Gasteiger charge is 2.49.